The highest BCUT2D eigenvalue weighted by atomic mass is 79.9. The van der Waals surface area contributed by atoms with Crippen molar-refractivity contribution in [2.45, 2.75) is 18.9 Å². The lowest BCUT2D eigenvalue weighted by Crippen LogP contribution is -2.30. The van der Waals surface area contributed by atoms with Crippen molar-refractivity contribution < 1.29 is 0 Å². The van der Waals surface area contributed by atoms with Gasteiger partial charge in [-0.15, -0.1) is 0 Å². The molecule has 1 atom stereocenters. The molecule has 3 N–H and O–H groups in total. The summed E-state index contributed by atoms with van der Waals surface area (Å²) in [5.41, 5.74) is 9.18. The van der Waals surface area contributed by atoms with Crippen LogP contribution in [0.3, 0.4) is 0 Å². The second-order valence-electron chi connectivity index (χ2n) is 4.59. The van der Waals surface area contributed by atoms with Gasteiger partial charge in [-0.2, -0.15) is 0 Å². The lowest BCUT2D eigenvalue weighted by molar-refractivity contribution is 0.556. The first kappa shape index (κ1) is 14.0. The van der Waals surface area contributed by atoms with Crippen molar-refractivity contribution in [3.05, 3.63) is 58.3 Å². The third kappa shape index (κ3) is 4.04. The Labute approximate surface area is 122 Å². The second kappa shape index (κ2) is 6.68. The summed E-state index contributed by atoms with van der Waals surface area (Å²) in [6, 6.07) is 10.6. The molecule has 0 saturated carbocycles. The van der Waals surface area contributed by atoms with Gasteiger partial charge in [-0.1, -0.05) is 28.1 Å². The molecule has 0 aliphatic carbocycles. The number of nitrogens with zero attached hydrogens (tertiary/aromatic N) is 1. The van der Waals surface area contributed by atoms with Crippen molar-refractivity contribution >= 4 is 21.6 Å². The fourth-order valence-corrected chi connectivity index (χ4v) is 2.32. The van der Waals surface area contributed by atoms with E-state index in [1.54, 1.807) is 6.20 Å². The van der Waals surface area contributed by atoms with Gasteiger partial charge in [-0.05, 0) is 49.2 Å². The van der Waals surface area contributed by atoms with Gasteiger partial charge in [0.05, 0.1) is 0 Å². The maximum Gasteiger partial charge on any atom is 0.0378 e. The Hall–Kier alpha value is -1.39. The lowest BCUT2D eigenvalue weighted by Gasteiger charge is -2.17. The molecular formula is C15H18BrN3. The molecule has 0 radical (unpaired) electrons. The van der Waals surface area contributed by atoms with E-state index in [0.717, 1.165) is 28.6 Å². The van der Waals surface area contributed by atoms with Crippen LogP contribution in [0.25, 0.3) is 0 Å². The third-order valence-electron chi connectivity index (χ3n) is 3.21. The van der Waals surface area contributed by atoms with Crippen molar-refractivity contribution in [3.63, 3.8) is 0 Å². The minimum absolute atomic E-state index is 0.354. The fourth-order valence-electron chi connectivity index (χ4n) is 2.06. The predicted octanol–water partition coefficient (Wildman–Crippen LogP) is 2.80. The average Bonchev–Trinajstić information content (AvgIpc) is 2.43. The molecule has 1 aromatic carbocycles. The van der Waals surface area contributed by atoms with E-state index in [-0.39, 0.29) is 0 Å². The van der Waals surface area contributed by atoms with Crippen LogP contribution in [0.2, 0.25) is 0 Å². The average molecular weight is 320 g/mol. The Morgan fingerprint density at radius 2 is 1.95 bits per heavy atom. The Kier molecular flexibility index (Phi) is 4.93. The summed E-state index contributed by atoms with van der Waals surface area (Å²) >= 11 is 3.45. The van der Waals surface area contributed by atoms with Gasteiger partial charge in [0.25, 0.3) is 0 Å². The van der Waals surface area contributed by atoms with Crippen LogP contribution in [-0.4, -0.2) is 18.1 Å². The zero-order valence-electron chi connectivity index (χ0n) is 10.9. The van der Waals surface area contributed by atoms with Crippen LogP contribution in [0, 0.1) is 0 Å². The maximum absolute atomic E-state index is 5.96. The van der Waals surface area contributed by atoms with Crippen LogP contribution in [0.4, 0.5) is 5.69 Å². The van der Waals surface area contributed by atoms with Gasteiger partial charge in [-0.3, -0.25) is 4.98 Å². The summed E-state index contributed by atoms with van der Waals surface area (Å²) in [6.07, 6.45) is 5.42. The standard InChI is InChI=1S/C15H18BrN3/c1-18-14(8-11-2-4-13(16)5-3-11)9-12-10-19-7-6-15(12)17/h2-7,10,14,18H,8-9H2,1H3,(H2,17,19). The molecule has 1 unspecified atom stereocenters. The Morgan fingerprint density at radius 1 is 1.21 bits per heavy atom. The summed E-state index contributed by atoms with van der Waals surface area (Å²) < 4.78 is 1.11. The highest BCUT2D eigenvalue weighted by molar-refractivity contribution is 9.10. The molecule has 2 aromatic rings. The highest BCUT2D eigenvalue weighted by Gasteiger charge is 2.10. The summed E-state index contributed by atoms with van der Waals surface area (Å²) in [5.74, 6) is 0. The molecule has 0 amide bonds. The summed E-state index contributed by atoms with van der Waals surface area (Å²) in [6.45, 7) is 0. The molecule has 1 heterocycles. The molecule has 1 aromatic heterocycles. The van der Waals surface area contributed by atoms with Gasteiger partial charge in [0, 0.05) is 28.6 Å². The van der Waals surface area contributed by atoms with E-state index in [0.29, 0.717) is 6.04 Å². The van der Waals surface area contributed by atoms with Crippen LogP contribution < -0.4 is 11.1 Å². The molecule has 0 fully saturated rings. The normalized spacial score (nSPS) is 12.3. The van der Waals surface area contributed by atoms with Gasteiger partial charge in [-0.25, -0.2) is 0 Å². The van der Waals surface area contributed by atoms with Gasteiger partial charge in [0.2, 0.25) is 0 Å². The smallest absolute Gasteiger partial charge is 0.0378 e. The summed E-state index contributed by atoms with van der Waals surface area (Å²) in [5, 5.41) is 3.35. The van der Waals surface area contributed by atoms with Crippen LogP contribution in [0.15, 0.2) is 47.2 Å². The Morgan fingerprint density at radius 3 is 2.58 bits per heavy atom. The lowest BCUT2D eigenvalue weighted by atomic mass is 9.99. The molecule has 2 rings (SSSR count). The monoisotopic (exact) mass is 319 g/mol. The fraction of sp³-hybridized carbons (Fsp3) is 0.267. The topological polar surface area (TPSA) is 50.9 Å². The molecule has 0 aliphatic rings. The van der Waals surface area contributed by atoms with Gasteiger partial charge in [0.1, 0.15) is 0 Å². The van der Waals surface area contributed by atoms with Crippen LogP contribution in [-0.2, 0) is 12.8 Å². The van der Waals surface area contributed by atoms with E-state index >= 15 is 0 Å². The molecule has 4 heteroatoms. The van der Waals surface area contributed by atoms with E-state index in [1.165, 1.54) is 5.56 Å². The third-order valence-corrected chi connectivity index (χ3v) is 3.74. The summed E-state index contributed by atoms with van der Waals surface area (Å²) in [4.78, 5) is 4.14. The van der Waals surface area contributed by atoms with E-state index in [4.69, 9.17) is 5.73 Å². The quantitative estimate of drug-likeness (QED) is 0.891. The molecule has 19 heavy (non-hydrogen) atoms. The van der Waals surface area contributed by atoms with Gasteiger partial charge in [0.15, 0.2) is 0 Å². The van der Waals surface area contributed by atoms with Crippen molar-refractivity contribution in [3.8, 4) is 0 Å². The molecule has 0 bridgehead atoms. The predicted molar refractivity (Wildman–Crippen MR) is 83.0 cm³/mol. The number of likely N-dealkylation sites (N-methyl/N-ethyl adjacent to an activating group) is 1. The van der Waals surface area contributed by atoms with E-state index < -0.39 is 0 Å². The zero-order valence-corrected chi connectivity index (χ0v) is 12.5. The number of rotatable bonds is 5. The number of nitrogens with two attached hydrogens (primary N) is 1. The first-order valence-corrected chi connectivity index (χ1v) is 7.08. The molecular weight excluding hydrogens is 302 g/mol. The number of nitrogens with one attached hydrogen (secondary N) is 1. The molecule has 100 valence electrons. The number of aromatic nitrogens is 1. The van der Waals surface area contributed by atoms with Gasteiger partial charge < -0.3 is 11.1 Å². The zero-order chi connectivity index (χ0) is 13.7. The van der Waals surface area contributed by atoms with Crippen molar-refractivity contribution in [1.29, 1.82) is 0 Å². The largest absolute Gasteiger partial charge is 0.398 e. The Balaban J connectivity index is 2.05. The molecule has 0 spiro atoms. The van der Waals surface area contributed by atoms with Crippen LogP contribution in [0.5, 0.6) is 0 Å². The minimum Gasteiger partial charge on any atom is -0.398 e. The van der Waals surface area contributed by atoms with Crippen molar-refractivity contribution in [2.75, 3.05) is 12.8 Å². The number of hydrogen-bond acceptors (Lipinski definition) is 3. The molecule has 3 nitrogen and oxygen atoms in total. The molecule has 0 saturated heterocycles. The number of anilines is 1. The number of nitrogen functional groups attached to an aromatic ring is 1. The number of benzene rings is 1. The van der Waals surface area contributed by atoms with Crippen LogP contribution >= 0.6 is 15.9 Å². The van der Waals surface area contributed by atoms with Crippen molar-refractivity contribution in [2.24, 2.45) is 0 Å². The first-order chi connectivity index (χ1) is 9.19. The number of halogens is 1. The summed E-state index contributed by atoms with van der Waals surface area (Å²) in [7, 11) is 1.98. The number of pyridine rings is 1. The maximum atomic E-state index is 5.96. The first-order valence-electron chi connectivity index (χ1n) is 6.29. The molecule has 0 aliphatic heterocycles. The van der Waals surface area contributed by atoms with E-state index in [1.807, 2.05) is 19.3 Å². The number of hydrogen-bond donors (Lipinski definition) is 2. The van der Waals surface area contributed by atoms with Crippen molar-refractivity contribution in [1.82, 2.24) is 10.3 Å². The SMILES string of the molecule is CNC(Cc1ccc(Br)cc1)Cc1cnccc1N. The Bertz CT molecular complexity index is 525. The van der Waals surface area contributed by atoms with E-state index in [9.17, 15) is 0 Å². The van der Waals surface area contributed by atoms with E-state index in [2.05, 4.69) is 50.5 Å². The highest BCUT2D eigenvalue weighted by Crippen LogP contribution is 2.15. The van der Waals surface area contributed by atoms with Gasteiger partial charge >= 0.3 is 0 Å². The van der Waals surface area contributed by atoms with Crippen LogP contribution in [0.1, 0.15) is 11.1 Å². The second-order valence-corrected chi connectivity index (χ2v) is 5.51. The minimum atomic E-state index is 0.354.